The summed E-state index contributed by atoms with van der Waals surface area (Å²) in [6.45, 7) is 4.26. The second kappa shape index (κ2) is 10.7. The number of hydrogen-bond acceptors (Lipinski definition) is 4. The highest BCUT2D eigenvalue weighted by Crippen LogP contribution is 2.25. The Kier molecular flexibility index (Phi) is 8.27. The molecular formula is C23H34FN3O4S. The SMILES string of the molecule is CC[C@H](C)[C@H](NC(=O)[C@H]1CCCN(S(=O)(=O)c2ccc(F)cc2)C1)C(=O)NC1CCCC1. The molecular weight excluding hydrogens is 433 g/mol. The van der Waals surface area contributed by atoms with Crippen molar-refractivity contribution in [2.24, 2.45) is 11.8 Å². The molecule has 0 bridgehead atoms. The lowest BCUT2D eigenvalue weighted by atomic mass is 9.94. The highest BCUT2D eigenvalue weighted by atomic mass is 32.2. The van der Waals surface area contributed by atoms with Crippen LogP contribution in [0, 0.1) is 17.7 Å². The van der Waals surface area contributed by atoms with Gasteiger partial charge in [0.2, 0.25) is 21.8 Å². The number of nitrogens with zero attached hydrogens (tertiary/aromatic N) is 1. The van der Waals surface area contributed by atoms with Crippen LogP contribution in [0.4, 0.5) is 4.39 Å². The third-order valence-corrected chi connectivity index (χ3v) is 8.58. The zero-order valence-electron chi connectivity index (χ0n) is 18.8. The van der Waals surface area contributed by atoms with Gasteiger partial charge in [-0.3, -0.25) is 9.59 Å². The van der Waals surface area contributed by atoms with E-state index in [0.717, 1.165) is 44.2 Å². The molecule has 178 valence electrons. The number of sulfonamides is 1. The summed E-state index contributed by atoms with van der Waals surface area (Å²) in [4.78, 5) is 26.0. The van der Waals surface area contributed by atoms with E-state index in [9.17, 15) is 22.4 Å². The summed E-state index contributed by atoms with van der Waals surface area (Å²) in [5.41, 5.74) is 0. The fraction of sp³-hybridized carbons (Fsp3) is 0.652. The first-order valence-corrected chi connectivity index (χ1v) is 13.0. The van der Waals surface area contributed by atoms with Crippen LogP contribution in [0.5, 0.6) is 0 Å². The first kappa shape index (κ1) is 24.6. The average Bonchev–Trinajstić information content (AvgIpc) is 3.30. The molecule has 1 aromatic rings. The Hall–Kier alpha value is -2.00. The zero-order valence-corrected chi connectivity index (χ0v) is 19.7. The number of carbonyl (C=O) groups is 2. The quantitative estimate of drug-likeness (QED) is 0.615. The molecule has 1 aliphatic heterocycles. The Labute approximate surface area is 190 Å². The molecule has 7 nitrogen and oxygen atoms in total. The summed E-state index contributed by atoms with van der Waals surface area (Å²) < 4.78 is 40.4. The summed E-state index contributed by atoms with van der Waals surface area (Å²) >= 11 is 0. The maximum atomic E-state index is 13.2. The smallest absolute Gasteiger partial charge is 0.243 e. The van der Waals surface area contributed by atoms with E-state index in [-0.39, 0.29) is 35.2 Å². The molecule has 1 aliphatic carbocycles. The number of piperidine rings is 1. The van der Waals surface area contributed by atoms with Crippen LogP contribution in [0.15, 0.2) is 29.2 Å². The van der Waals surface area contributed by atoms with Crippen LogP contribution in [-0.4, -0.2) is 49.7 Å². The molecule has 32 heavy (non-hydrogen) atoms. The number of hydrogen-bond donors (Lipinski definition) is 2. The van der Waals surface area contributed by atoms with E-state index in [2.05, 4.69) is 10.6 Å². The van der Waals surface area contributed by atoms with Crippen molar-refractivity contribution in [2.45, 2.75) is 75.8 Å². The minimum Gasteiger partial charge on any atom is -0.352 e. The van der Waals surface area contributed by atoms with Crippen LogP contribution in [0.2, 0.25) is 0 Å². The molecule has 3 rings (SSSR count). The van der Waals surface area contributed by atoms with Crippen molar-refractivity contribution in [2.75, 3.05) is 13.1 Å². The zero-order chi connectivity index (χ0) is 23.3. The lowest BCUT2D eigenvalue weighted by Crippen LogP contribution is -2.55. The van der Waals surface area contributed by atoms with Crippen LogP contribution in [0.1, 0.15) is 58.8 Å². The standard InChI is InChI=1S/C23H34FN3O4S/c1-3-16(2)21(23(29)25-19-8-4-5-9-19)26-22(28)17-7-6-14-27(15-17)32(30,31)20-12-10-18(24)11-13-20/h10-13,16-17,19,21H,3-9,14-15H2,1-2H3,(H,25,29)(H,26,28)/t16-,17-,21-/m0/s1. The largest absolute Gasteiger partial charge is 0.352 e. The van der Waals surface area contributed by atoms with E-state index in [1.54, 1.807) is 0 Å². The molecule has 2 fully saturated rings. The average molecular weight is 468 g/mol. The maximum absolute atomic E-state index is 13.2. The van der Waals surface area contributed by atoms with Gasteiger partial charge < -0.3 is 10.6 Å². The highest BCUT2D eigenvalue weighted by molar-refractivity contribution is 7.89. The number of halogens is 1. The molecule has 0 unspecified atom stereocenters. The molecule has 3 atom stereocenters. The fourth-order valence-corrected chi connectivity index (χ4v) is 5.99. The molecule has 1 aromatic carbocycles. The van der Waals surface area contributed by atoms with Gasteiger partial charge in [-0.1, -0.05) is 33.1 Å². The van der Waals surface area contributed by atoms with E-state index in [1.165, 1.54) is 16.4 Å². The van der Waals surface area contributed by atoms with Gasteiger partial charge in [0.05, 0.1) is 10.8 Å². The third-order valence-electron chi connectivity index (χ3n) is 6.70. The number of amides is 2. The first-order chi connectivity index (χ1) is 15.2. The second-order valence-corrected chi connectivity index (χ2v) is 11.0. The van der Waals surface area contributed by atoms with Crippen LogP contribution in [0.25, 0.3) is 0 Å². The predicted molar refractivity (Wildman–Crippen MR) is 120 cm³/mol. The number of nitrogens with one attached hydrogen (secondary N) is 2. The highest BCUT2D eigenvalue weighted by Gasteiger charge is 2.36. The molecule has 2 N–H and O–H groups in total. The fourth-order valence-electron chi connectivity index (χ4n) is 4.46. The Morgan fingerprint density at radius 1 is 1.12 bits per heavy atom. The van der Waals surface area contributed by atoms with Gasteiger partial charge in [0.15, 0.2) is 0 Å². The van der Waals surface area contributed by atoms with E-state index < -0.39 is 27.8 Å². The Morgan fingerprint density at radius 3 is 2.41 bits per heavy atom. The van der Waals surface area contributed by atoms with Gasteiger partial charge in [0.1, 0.15) is 11.9 Å². The molecule has 0 aromatic heterocycles. The van der Waals surface area contributed by atoms with Gasteiger partial charge in [-0.05, 0) is 55.9 Å². The van der Waals surface area contributed by atoms with Crippen molar-refractivity contribution in [3.63, 3.8) is 0 Å². The summed E-state index contributed by atoms with van der Waals surface area (Å²) in [6.07, 6.45) is 5.97. The number of rotatable bonds is 8. The predicted octanol–water partition coefficient (Wildman–Crippen LogP) is 2.82. The lowest BCUT2D eigenvalue weighted by Gasteiger charge is -2.33. The minimum atomic E-state index is -3.82. The maximum Gasteiger partial charge on any atom is 0.243 e. The van der Waals surface area contributed by atoms with E-state index in [0.29, 0.717) is 19.4 Å². The van der Waals surface area contributed by atoms with Crippen molar-refractivity contribution in [3.05, 3.63) is 30.1 Å². The number of carbonyl (C=O) groups excluding carboxylic acids is 2. The number of benzene rings is 1. The normalized spacial score (nSPS) is 22.3. The van der Waals surface area contributed by atoms with Crippen LogP contribution >= 0.6 is 0 Å². The Balaban J connectivity index is 1.67. The monoisotopic (exact) mass is 467 g/mol. The van der Waals surface area contributed by atoms with E-state index >= 15 is 0 Å². The Bertz CT molecular complexity index is 900. The van der Waals surface area contributed by atoms with Crippen molar-refractivity contribution in [3.8, 4) is 0 Å². The summed E-state index contributed by atoms with van der Waals surface area (Å²) in [7, 11) is -3.82. The van der Waals surface area contributed by atoms with Crippen LogP contribution < -0.4 is 10.6 Å². The van der Waals surface area contributed by atoms with Crippen LogP contribution in [0.3, 0.4) is 0 Å². The summed E-state index contributed by atoms with van der Waals surface area (Å²) in [5.74, 6) is -1.54. The second-order valence-electron chi connectivity index (χ2n) is 9.02. The van der Waals surface area contributed by atoms with Gasteiger partial charge >= 0.3 is 0 Å². The molecule has 2 amide bonds. The molecule has 1 heterocycles. The molecule has 1 saturated carbocycles. The summed E-state index contributed by atoms with van der Waals surface area (Å²) in [6, 6.07) is 4.22. The Morgan fingerprint density at radius 2 is 1.78 bits per heavy atom. The van der Waals surface area contributed by atoms with Gasteiger partial charge in [0, 0.05) is 19.1 Å². The van der Waals surface area contributed by atoms with Gasteiger partial charge in [-0.2, -0.15) is 4.31 Å². The van der Waals surface area contributed by atoms with Gasteiger partial charge in [0.25, 0.3) is 0 Å². The lowest BCUT2D eigenvalue weighted by molar-refractivity contribution is -0.133. The molecule has 9 heteroatoms. The molecule has 1 saturated heterocycles. The molecule has 0 spiro atoms. The van der Waals surface area contributed by atoms with Gasteiger partial charge in [-0.25, -0.2) is 12.8 Å². The minimum absolute atomic E-state index is 0.00776. The van der Waals surface area contributed by atoms with Crippen LogP contribution in [-0.2, 0) is 19.6 Å². The van der Waals surface area contributed by atoms with E-state index in [1.807, 2.05) is 13.8 Å². The van der Waals surface area contributed by atoms with E-state index in [4.69, 9.17) is 0 Å². The van der Waals surface area contributed by atoms with Crippen molar-refractivity contribution in [1.29, 1.82) is 0 Å². The van der Waals surface area contributed by atoms with Gasteiger partial charge in [-0.15, -0.1) is 0 Å². The molecule has 2 aliphatic rings. The van der Waals surface area contributed by atoms with Crippen molar-refractivity contribution >= 4 is 21.8 Å². The first-order valence-electron chi connectivity index (χ1n) is 11.6. The summed E-state index contributed by atoms with van der Waals surface area (Å²) in [5, 5.41) is 5.98. The molecule has 0 radical (unpaired) electrons. The topological polar surface area (TPSA) is 95.6 Å². The van der Waals surface area contributed by atoms with Crippen molar-refractivity contribution < 1.29 is 22.4 Å². The third kappa shape index (κ3) is 5.86. The van der Waals surface area contributed by atoms with Crippen molar-refractivity contribution in [1.82, 2.24) is 14.9 Å².